The van der Waals surface area contributed by atoms with Crippen molar-refractivity contribution in [2.24, 2.45) is 4.99 Å². The van der Waals surface area contributed by atoms with E-state index >= 15 is 4.39 Å². The molecule has 0 saturated carbocycles. The van der Waals surface area contributed by atoms with E-state index in [0.29, 0.717) is 11.1 Å². The highest BCUT2D eigenvalue weighted by Gasteiger charge is 2.58. The van der Waals surface area contributed by atoms with Gasteiger partial charge in [-0.25, -0.2) is 9.18 Å². The Kier molecular flexibility index (Phi) is 6.37. The number of nitrogens with zero attached hydrogens (tertiary/aromatic N) is 2. The Morgan fingerprint density at radius 2 is 1.57 bits per heavy atom. The fraction of sp³-hybridized carbons (Fsp3) is 0.440. The average molecular weight is 531 g/mol. The number of likely N-dealkylation sites (tertiary alicyclic amines) is 1. The average Bonchev–Trinajstić information content (AvgIpc) is 3.16. The van der Waals surface area contributed by atoms with Gasteiger partial charge in [0, 0.05) is 22.2 Å². The molecule has 188 valence electrons. The fourth-order valence-electron chi connectivity index (χ4n) is 4.36. The number of halogens is 6. The lowest BCUT2D eigenvalue weighted by atomic mass is 9.76. The molecule has 0 aromatic heterocycles. The number of rotatable bonds is 3. The quantitative estimate of drug-likeness (QED) is 0.397. The van der Waals surface area contributed by atoms with Crippen LogP contribution in [0, 0.1) is 0 Å². The van der Waals surface area contributed by atoms with Gasteiger partial charge in [0.2, 0.25) is 0 Å². The van der Waals surface area contributed by atoms with E-state index in [2.05, 4.69) is 4.99 Å². The molecule has 2 aromatic carbocycles. The van der Waals surface area contributed by atoms with Crippen molar-refractivity contribution in [1.82, 2.24) is 4.90 Å². The van der Waals surface area contributed by atoms with Gasteiger partial charge in [0.1, 0.15) is 11.0 Å². The minimum Gasteiger partial charge on any atom is -0.444 e. The van der Waals surface area contributed by atoms with Gasteiger partial charge in [-0.1, -0.05) is 47.5 Å². The predicted molar refractivity (Wildman–Crippen MR) is 127 cm³/mol. The Morgan fingerprint density at radius 1 is 1.00 bits per heavy atom. The molecule has 1 fully saturated rings. The number of aliphatic imine (C=N–C) groups is 1. The Bertz CT molecular complexity index is 1150. The van der Waals surface area contributed by atoms with Crippen LogP contribution in [0.2, 0.25) is 10.0 Å². The predicted octanol–water partition coefficient (Wildman–Crippen LogP) is 7.10. The summed E-state index contributed by atoms with van der Waals surface area (Å²) < 4.78 is 63.4. The Labute approximate surface area is 210 Å². The molecule has 4 nitrogen and oxygen atoms in total. The lowest BCUT2D eigenvalue weighted by Gasteiger charge is -2.44. The molecule has 2 aliphatic heterocycles. The highest BCUT2D eigenvalue weighted by atomic mass is 35.5. The summed E-state index contributed by atoms with van der Waals surface area (Å²) in [5.74, 6) is 0. The molecule has 1 atom stereocenters. The van der Waals surface area contributed by atoms with Crippen molar-refractivity contribution in [3.8, 4) is 0 Å². The second-order valence-electron chi connectivity index (χ2n) is 10.1. The number of carbonyl (C=O) groups is 1. The van der Waals surface area contributed by atoms with Crippen molar-refractivity contribution in [3.05, 3.63) is 69.2 Å². The van der Waals surface area contributed by atoms with Crippen LogP contribution in [0.25, 0.3) is 0 Å². The maximum absolute atomic E-state index is 15.3. The zero-order valence-electron chi connectivity index (χ0n) is 19.3. The Morgan fingerprint density at radius 3 is 2.09 bits per heavy atom. The van der Waals surface area contributed by atoms with Gasteiger partial charge in [0.25, 0.3) is 0 Å². The second-order valence-corrected chi connectivity index (χ2v) is 10.9. The molecule has 10 heteroatoms. The molecule has 0 N–H and O–H groups in total. The molecule has 0 spiro atoms. The van der Waals surface area contributed by atoms with Gasteiger partial charge in [-0.05, 0) is 55.7 Å². The largest absolute Gasteiger partial charge is 0.444 e. The second kappa shape index (κ2) is 8.66. The minimum atomic E-state index is -4.59. The summed E-state index contributed by atoms with van der Waals surface area (Å²) in [6.45, 7) is 4.37. The zero-order chi connectivity index (χ0) is 25.8. The van der Waals surface area contributed by atoms with Gasteiger partial charge in [-0.3, -0.25) is 4.99 Å². The normalized spacial score (nSPS) is 22.0. The first-order valence-corrected chi connectivity index (χ1v) is 11.7. The summed E-state index contributed by atoms with van der Waals surface area (Å²) in [7, 11) is 0. The minimum absolute atomic E-state index is 0.0442. The molecule has 1 amide bonds. The van der Waals surface area contributed by atoms with Crippen LogP contribution in [0.15, 0.2) is 47.5 Å². The van der Waals surface area contributed by atoms with Crippen LogP contribution in [0.4, 0.5) is 22.4 Å². The zero-order valence-corrected chi connectivity index (χ0v) is 20.9. The van der Waals surface area contributed by atoms with Crippen LogP contribution < -0.4 is 0 Å². The molecular formula is C25H24Cl2F4N2O2. The van der Waals surface area contributed by atoms with Crippen molar-refractivity contribution >= 4 is 35.0 Å². The molecular weight excluding hydrogens is 507 g/mol. The van der Waals surface area contributed by atoms with E-state index in [1.165, 1.54) is 35.2 Å². The molecule has 1 saturated heterocycles. The molecule has 2 aliphatic rings. The maximum atomic E-state index is 15.3. The Hall–Kier alpha value is -2.32. The molecule has 0 aliphatic carbocycles. The highest BCUT2D eigenvalue weighted by molar-refractivity contribution is 6.34. The van der Waals surface area contributed by atoms with E-state index in [9.17, 15) is 18.0 Å². The topological polar surface area (TPSA) is 41.9 Å². The molecule has 4 rings (SSSR count). The monoisotopic (exact) mass is 530 g/mol. The summed E-state index contributed by atoms with van der Waals surface area (Å²) in [5.41, 5.74) is -3.65. The van der Waals surface area contributed by atoms with Crippen molar-refractivity contribution < 1.29 is 27.1 Å². The summed E-state index contributed by atoms with van der Waals surface area (Å²) in [6, 6.07) is 10.1. The number of hydrogen-bond acceptors (Lipinski definition) is 3. The van der Waals surface area contributed by atoms with Crippen LogP contribution in [0.3, 0.4) is 0 Å². The highest BCUT2D eigenvalue weighted by Crippen LogP contribution is 2.49. The van der Waals surface area contributed by atoms with E-state index in [1.807, 2.05) is 0 Å². The van der Waals surface area contributed by atoms with E-state index in [0.717, 1.165) is 0 Å². The lowest BCUT2D eigenvalue weighted by molar-refractivity contribution is -0.183. The van der Waals surface area contributed by atoms with Crippen molar-refractivity contribution in [3.63, 3.8) is 0 Å². The summed E-state index contributed by atoms with van der Waals surface area (Å²) in [5, 5.41) is 0.228. The standard InChI is InChI=1S/C25H24Cl2F4N2O2/c1-22(2,3)35-21(34)33-13-24(28,14-33)16-6-4-15(5-7-16)20-11-23(12-32-20,25(29,30)31)17-8-18(26)10-19(27)9-17/h4-10H,11-14H2,1-3H3. The van der Waals surface area contributed by atoms with Gasteiger partial charge in [-0.2, -0.15) is 13.2 Å². The third kappa shape index (κ3) is 5.00. The van der Waals surface area contributed by atoms with Crippen LogP contribution >= 0.6 is 23.2 Å². The lowest BCUT2D eigenvalue weighted by Crippen LogP contribution is -2.59. The summed E-state index contributed by atoms with van der Waals surface area (Å²) >= 11 is 12.0. The van der Waals surface area contributed by atoms with Gasteiger partial charge < -0.3 is 9.64 Å². The van der Waals surface area contributed by atoms with Gasteiger partial charge in [0.05, 0.1) is 19.6 Å². The molecule has 0 bridgehead atoms. The molecule has 35 heavy (non-hydrogen) atoms. The number of ether oxygens (including phenoxy) is 1. The Balaban J connectivity index is 1.50. The third-order valence-electron chi connectivity index (χ3n) is 6.24. The van der Waals surface area contributed by atoms with Crippen molar-refractivity contribution in [2.45, 2.75) is 50.1 Å². The van der Waals surface area contributed by atoms with E-state index in [4.69, 9.17) is 27.9 Å². The first-order valence-electron chi connectivity index (χ1n) is 11.0. The molecule has 0 radical (unpaired) electrons. The first-order chi connectivity index (χ1) is 16.1. The van der Waals surface area contributed by atoms with Crippen molar-refractivity contribution in [2.75, 3.05) is 19.6 Å². The number of hydrogen-bond donors (Lipinski definition) is 0. The number of benzene rings is 2. The van der Waals surface area contributed by atoms with E-state index in [1.54, 1.807) is 32.9 Å². The van der Waals surface area contributed by atoms with Crippen LogP contribution in [-0.2, 0) is 15.8 Å². The molecule has 1 unspecified atom stereocenters. The SMILES string of the molecule is CC(C)(C)OC(=O)N1CC(F)(c2ccc(C3=NCC(c4cc(Cl)cc(Cl)c4)(C(F)(F)F)C3)cc2)C1. The number of carbonyl (C=O) groups excluding carboxylic acids is 1. The summed E-state index contributed by atoms with van der Waals surface area (Å²) in [6.07, 6.45) is -5.57. The molecule has 2 aromatic rings. The van der Waals surface area contributed by atoms with Gasteiger partial charge in [0.15, 0.2) is 5.67 Å². The third-order valence-corrected chi connectivity index (χ3v) is 6.67. The number of alkyl halides is 4. The van der Waals surface area contributed by atoms with Gasteiger partial charge in [-0.15, -0.1) is 0 Å². The number of amides is 1. The van der Waals surface area contributed by atoms with E-state index in [-0.39, 0.29) is 40.8 Å². The summed E-state index contributed by atoms with van der Waals surface area (Å²) in [4.78, 5) is 17.6. The van der Waals surface area contributed by atoms with Crippen molar-refractivity contribution in [1.29, 1.82) is 0 Å². The first kappa shape index (κ1) is 25.8. The van der Waals surface area contributed by atoms with Crippen LogP contribution in [0.1, 0.15) is 43.9 Å². The van der Waals surface area contributed by atoms with Crippen LogP contribution in [-0.4, -0.2) is 48.1 Å². The van der Waals surface area contributed by atoms with Crippen LogP contribution in [0.5, 0.6) is 0 Å². The fourth-order valence-corrected chi connectivity index (χ4v) is 4.88. The van der Waals surface area contributed by atoms with Gasteiger partial charge >= 0.3 is 12.3 Å². The smallest absolute Gasteiger partial charge is 0.410 e. The maximum Gasteiger partial charge on any atom is 0.410 e. The molecule has 2 heterocycles. The van der Waals surface area contributed by atoms with E-state index < -0.39 is 35.5 Å².